The van der Waals surface area contributed by atoms with Gasteiger partial charge in [-0.15, -0.1) is 10.2 Å². The number of hydrogen-bond donors (Lipinski definition) is 1. The Bertz CT molecular complexity index is 1560. The van der Waals surface area contributed by atoms with Gasteiger partial charge in [-0.2, -0.15) is 10.2 Å². The summed E-state index contributed by atoms with van der Waals surface area (Å²) in [5.41, 5.74) is 7.33. The van der Waals surface area contributed by atoms with Crippen LogP contribution in [0.4, 0.5) is 22.7 Å². The molecule has 2 aliphatic rings. The Morgan fingerprint density at radius 2 is 1.40 bits per heavy atom. The molecule has 1 aliphatic heterocycles. The fourth-order valence-corrected chi connectivity index (χ4v) is 4.63. The normalized spacial score (nSPS) is 16.2. The van der Waals surface area contributed by atoms with Gasteiger partial charge in [0.05, 0.1) is 28.5 Å². The molecule has 0 aromatic heterocycles. The number of rotatable bonds is 4. The van der Waals surface area contributed by atoms with Gasteiger partial charge >= 0.3 is 0 Å². The summed E-state index contributed by atoms with van der Waals surface area (Å²) < 4.78 is 0. The van der Waals surface area contributed by atoms with Crippen LogP contribution < -0.4 is 5.32 Å². The van der Waals surface area contributed by atoms with Crippen LogP contribution in [0.15, 0.2) is 116 Å². The van der Waals surface area contributed by atoms with E-state index in [0.717, 1.165) is 62.5 Å². The van der Waals surface area contributed by atoms with E-state index >= 15 is 0 Å². The lowest BCUT2D eigenvalue weighted by Crippen LogP contribution is -2.35. The van der Waals surface area contributed by atoms with Gasteiger partial charge in [0, 0.05) is 34.0 Å². The maximum absolute atomic E-state index is 4.90. The number of anilines is 1. The number of fused-ring (bicyclic) bond motifs is 1. The number of allylic oxidation sites excluding steroid dienone is 1. The summed E-state index contributed by atoms with van der Waals surface area (Å²) in [6, 6.07) is 27.9. The van der Waals surface area contributed by atoms with E-state index in [2.05, 4.69) is 63.9 Å². The van der Waals surface area contributed by atoms with Crippen molar-refractivity contribution < 1.29 is 0 Å². The molecule has 6 heteroatoms. The molecule has 0 spiro atoms. The molecule has 0 fully saturated rings. The third-order valence-electron chi connectivity index (χ3n) is 6.15. The molecular weight excluding hydrogens is 432 g/mol. The molecule has 0 bridgehead atoms. The minimum absolute atomic E-state index is 0.313. The van der Waals surface area contributed by atoms with Crippen molar-refractivity contribution in [1.29, 1.82) is 0 Å². The Hall–Kier alpha value is -4.45. The van der Waals surface area contributed by atoms with Crippen molar-refractivity contribution in [2.75, 3.05) is 5.32 Å². The lowest BCUT2D eigenvalue weighted by atomic mass is 9.89. The Balaban J connectivity index is 1.36. The van der Waals surface area contributed by atoms with E-state index in [0.29, 0.717) is 0 Å². The lowest BCUT2D eigenvalue weighted by Gasteiger charge is -2.33. The minimum atomic E-state index is -0.313. The zero-order valence-electron chi connectivity index (χ0n) is 19.6. The molecule has 0 saturated carbocycles. The number of nitrogens with zero attached hydrogens (tertiary/aromatic N) is 5. The quantitative estimate of drug-likeness (QED) is 0.306. The maximum Gasteiger partial charge on any atom is 0.124 e. The molecule has 1 N–H and O–H groups in total. The van der Waals surface area contributed by atoms with Crippen molar-refractivity contribution in [2.24, 2.45) is 25.4 Å². The van der Waals surface area contributed by atoms with Crippen LogP contribution in [0.2, 0.25) is 0 Å². The molecule has 6 rings (SSSR count). The van der Waals surface area contributed by atoms with Crippen LogP contribution in [0, 0.1) is 0 Å². The molecule has 0 atom stereocenters. The molecule has 0 amide bonds. The average Bonchev–Trinajstić information content (AvgIpc) is 2.87. The third-order valence-corrected chi connectivity index (χ3v) is 6.15. The molecule has 0 saturated heterocycles. The largest absolute Gasteiger partial charge is 0.361 e. The van der Waals surface area contributed by atoms with Gasteiger partial charge < -0.3 is 5.32 Å². The Morgan fingerprint density at radius 1 is 0.714 bits per heavy atom. The highest BCUT2D eigenvalue weighted by Crippen LogP contribution is 2.39. The fraction of sp³-hybridized carbons (Fsp3) is 0.138. The smallest absolute Gasteiger partial charge is 0.124 e. The fourth-order valence-electron chi connectivity index (χ4n) is 4.63. The van der Waals surface area contributed by atoms with Gasteiger partial charge in [0.25, 0.3) is 0 Å². The number of aliphatic imine (C=N–C) groups is 1. The summed E-state index contributed by atoms with van der Waals surface area (Å²) in [6.45, 7) is 4.17. The van der Waals surface area contributed by atoms with Crippen molar-refractivity contribution >= 4 is 44.9 Å². The monoisotopic (exact) mass is 456 g/mol. The summed E-state index contributed by atoms with van der Waals surface area (Å²) in [7, 11) is 0. The van der Waals surface area contributed by atoms with E-state index in [9.17, 15) is 0 Å². The second-order valence-corrected chi connectivity index (χ2v) is 9.15. The summed E-state index contributed by atoms with van der Waals surface area (Å²) in [6.07, 6.45) is 2.85. The van der Waals surface area contributed by atoms with Crippen LogP contribution in [-0.2, 0) is 0 Å². The highest BCUT2D eigenvalue weighted by molar-refractivity contribution is 6.13. The molecule has 4 aromatic rings. The van der Waals surface area contributed by atoms with E-state index in [1.807, 2.05) is 66.7 Å². The molecule has 170 valence electrons. The zero-order valence-corrected chi connectivity index (χ0v) is 19.6. The first-order valence-electron chi connectivity index (χ1n) is 11.7. The van der Waals surface area contributed by atoms with Crippen LogP contribution in [0.1, 0.15) is 31.4 Å². The van der Waals surface area contributed by atoms with Gasteiger partial charge in [0.2, 0.25) is 0 Å². The van der Waals surface area contributed by atoms with E-state index in [-0.39, 0.29) is 5.66 Å². The van der Waals surface area contributed by atoms with Crippen LogP contribution in [-0.4, -0.2) is 11.4 Å². The van der Waals surface area contributed by atoms with Crippen molar-refractivity contribution in [2.45, 2.75) is 25.9 Å². The highest BCUT2D eigenvalue weighted by atomic mass is 15.2. The highest BCUT2D eigenvalue weighted by Gasteiger charge is 2.30. The Kier molecular flexibility index (Phi) is 5.07. The standard InChI is InChI=1S/C29H24N6/c1-29(2)30-26-14-8-13-22-25(17-18-27(31-29)28(22)26)35-34-24-16-15-23(20-11-6-7-12-21(20)24)33-32-19-9-4-3-5-10-19/h3-17,30H,18H2,1-2H3. The molecule has 0 unspecified atom stereocenters. The summed E-state index contributed by atoms with van der Waals surface area (Å²) in [4.78, 5) is 4.90. The van der Waals surface area contributed by atoms with E-state index in [1.165, 1.54) is 0 Å². The van der Waals surface area contributed by atoms with Gasteiger partial charge in [-0.3, -0.25) is 4.99 Å². The van der Waals surface area contributed by atoms with Gasteiger partial charge in [0.15, 0.2) is 0 Å². The first kappa shape index (κ1) is 21.1. The molecular formula is C29H24N6. The second kappa shape index (κ2) is 8.40. The van der Waals surface area contributed by atoms with Gasteiger partial charge in [-0.1, -0.05) is 60.7 Å². The summed E-state index contributed by atoms with van der Waals surface area (Å²) >= 11 is 0. The topological polar surface area (TPSA) is 73.8 Å². The maximum atomic E-state index is 4.90. The predicted octanol–water partition coefficient (Wildman–Crippen LogP) is 8.73. The summed E-state index contributed by atoms with van der Waals surface area (Å²) in [5, 5.41) is 23.7. The molecule has 4 aromatic carbocycles. The average molecular weight is 457 g/mol. The second-order valence-electron chi connectivity index (χ2n) is 9.15. The minimum Gasteiger partial charge on any atom is -0.361 e. The Labute approximate surface area is 203 Å². The van der Waals surface area contributed by atoms with Crippen molar-refractivity contribution in [3.63, 3.8) is 0 Å². The third kappa shape index (κ3) is 4.04. The van der Waals surface area contributed by atoms with E-state index in [4.69, 9.17) is 4.99 Å². The zero-order chi connectivity index (χ0) is 23.8. The molecule has 1 heterocycles. The van der Waals surface area contributed by atoms with Crippen LogP contribution in [0.25, 0.3) is 16.5 Å². The first-order chi connectivity index (χ1) is 17.1. The number of benzene rings is 4. The van der Waals surface area contributed by atoms with Gasteiger partial charge in [-0.05, 0) is 44.2 Å². The van der Waals surface area contributed by atoms with Gasteiger partial charge in [-0.25, -0.2) is 0 Å². The first-order valence-corrected chi connectivity index (χ1v) is 11.7. The number of nitrogens with one attached hydrogen (secondary N) is 1. The Morgan fingerprint density at radius 3 is 2.14 bits per heavy atom. The van der Waals surface area contributed by atoms with Gasteiger partial charge in [0.1, 0.15) is 5.66 Å². The number of hydrogen-bond acceptors (Lipinski definition) is 6. The van der Waals surface area contributed by atoms with E-state index in [1.54, 1.807) is 0 Å². The van der Waals surface area contributed by atoms with Crippen LogP contribution in [0.3, 0.4) is 0 Å². The molecule has 6 nitrogen and oxygen atoms in total. The molecule has 1 aliphatic carbocycles. The van der Waals surface area contributed by atoms with Crippen LogP contribution in [0.5, 0.6) is 0 Å². The van der Waals surface area contributed by atoms with Crippen molar-refractivity contribution in [3.05, 3.63) is 102 Å². The number of azo groups is 2. The van der Waals surface area contributed by atoms with E-state index < -0.39 is 0 Å². The molecule has 0 radical (unpaired) electrons. The molecule has 35 heavy (non-hydrogen) atoms. The SMILES string of the molecule is CC1(C)N=C2CC=C(N=Nc3ccc(N=Nc4ccccc4)c4ccccc34)c3cccc(c32)N1. The lowest BCUT2D eigenvalue weighted by molar-refractivity contribution is 0.594. The van der Waals surface area contributed by atoms with Crippen molar-refractivity contribution in [1.82, 2.24) is 0 Å². The van der Waals surface area contributed by atoms with Crippen molar-refractivity contribution in [3.8, 4) is 0 Å². The summed E-state index contributed by atoms with van der Waals surface area (Å²) in [5.74, 6) is 0. The van der Waals surface area contributed by atoms with Crippen LogP contribution >= 0.6 is 0 Å². The predicted molar refractivity (Wildman–Crippen MR) is 142 cm³/mol.